The van der Waals surface area contributed by atoms with Crippen LogP contribution in [-0.2, 0) is 28.5 Å². The van der Waals surface area contributed by atoms with E-state index in [1.54, 1.807) is 0 Å². The first-order valence-corrected chi connectivity index (χ1v) is 11.6. The second-order valence-corrected chi connectivity index (χ2v) is 9.07. The van der Waals surface area contributed by atoms with Crippen LogP contribution in [0.5, 0.6) is 0 Å². The molecule has 0 radical (unpaired) electrons. The van der Waals surface area contributed by atoms with E-state index in [-0.39, 0.29) is 0 Å². The Balaban J connectivity index is 1.76. The number of amides is 1. The molecule has 17 nitrogen and oxygen atoms in total. The van der Waals surface area contributed by atoms with Crippen LogP contribution < -0.4 is 5.32 Å². The Morgan fingerprint density at radius 1 is 0.649 bits per heavy atom. The van der Waals surface area contributed by atoms with Crippen molar-refractivity contribution in [2.75, 3.05) is 19.8 Å². The van der Waals surface area contributed by atoms with Crippen molar-refractivity contribution in [3.63, 3.8) is 0 Å². The summed E-state index contributed by atoms with van der Waals surface area (Å²) >= 11 is 0. The summed E-state index contributed by atoms with van der Waals surface area (Å²) in [5.41, 5.74) is 0. The van der Waals surface area contributed by atoms with Crippen molar-refractivity contribution in [2.24, 2.45) is 0 Å². The van der Waals surface area contributed by atoms with Gasteiger partial charge in [-0.15, -0.1) is 0 Å². The van der Waals surface area contributed by atoms with Gasteiger partial charge in [0.05, 0.1) is 19.8 Å². The Labute approximate surface area is 210 Å². The molecule has 0 spiro atoms. The van der Waals surface area contributed by atoms with Crippen LogP contribution in [0.25, 0.3) is 0 Å². The van der Waals surface area contributed by atoms with Gasteiger partial charge in [-0.05, 0) is 0 Å². The molecule has 216 valence electrons. The molecule has 17 heteroatoms. The second kappa shape index (κ2) is 12.8. The van der Waals surface area contributed by atoms with Crippen LogP contribution in [0.15, 0.2) is 0 Å². The lowest BCUT2D eigenvalue weighted by molar-refractivity contribution is -0.372. The third kappa shape index (κ3) is 6.38. The van der Waals surface area contributed by atoms with Gasteiger partial charge in [-0.3, -0.25) is 4.79 Å². The summed E-state index contributed by atoms with van der Waals surface area (Å²) in [5, 5.41) is 103. The number of nitrogens with one attached hydrogen (secondary N) is 1. The number of ether oxygens (including phenoxy) is 5. The van der Waals surface area contributed by atoms with E-state index in [0.29, 0.717) is 0 Å². The average molecular weight is 545 g/mol. The Morgan fingerprint density at radius 3 is 1.68 bits per heavy atom. The molecule has 0 unspecified atom stereocenters. The number of hydrogen-bond acceptors (Lipinski definition) is 16. The maximum Gasteiger partial charge on any atom is 0.217 e. The highest BCUT2D eigenvalue weighted by molar-refractivity contribution is 5.73. The number of hydrogen-bond donors (Lipinski definition) is 11. The second-order valence-electron chi connectivity index (χ2n) is 9.07. The average Bonchev–Trinajstić information content (AvgIpc) is 2.87. The van der Waals surface area contributed by atoms with Gasteiger partial charge in [-0.2, -0.15) is 0 Å². The maximum absolute atomic E-state index is 11.6. The summed E-state index contributed by atoms with van der Waals surface area (Å²) in [5.74, 6) is -0.637. The third-order valence-corrected chi connectivity index (χ3v) is 6.49. The number of carbonyl (C=O) groups excluding carboxylic acids is 1. The van der Waals surface area contributed by atoms with Crippen LogP contribution >= 0.6 is 0 Å². The summed E-state index contributed by atoms with van der Waals surface area (Å²) in [7, 11) is 0. The van der Waals surface area contributed by atoms with Crippen molar-refractivity contribution in [3.8, 4) is 0 Å². The molecule has 3 aliphatic heterocycles. The van der Waals surface area contributed by atoms with Crippen molar-refractivity contribution in [1.29, 1.82) is 0 Å². The molecule has 0 bridgehead atoms. The van der Waals surface area contributed by atoms with Gasteiger partial charge in [-0.1, -0.05) is 0 Å². The fourth-order valence-corrected chi connectivity index (χ4v) is 4.46. The van der Waals surface area contributed by atoms with Gasteiger partial charge in [0.15, 0.2) is 18.9 Å². The van der Waals surface area contributed by atoms with Crippen LogP contribution in [0.3, 0.4) is 0 Å². The Kier molecular flexibility index (Phi) is 10.5. The molecule has 1 amide bonds. The SMILES string of the molecule is CC(=O)N[C@@H]1[C@@H](O[C@H]2O[C@H](CO)[C@@H](O[C@@H]3O[C@H](CO)[C@@H](O)[C@H](O)[C@@H]3O)[C@H](O)[C@@H]2O)[C@H](O)[C@@H](CO)O[C@H]1O. The lowest BCUT2D eigenvalue weighted by atomic mass is 9.95. The van der Waals surface area contributed by atoms with Crippen LogP contribution in [0.1, 0.15) is 6.92 Å². The van der Waals surface area contributed by atoms with E-state index < -0.39 is 118 Å². The first-order valence-electron chi connectivity index (χ1n) is 11.6. The molecule has 0 aromatic carbocycles. The van der Waals surface area contributed by atoms with Crippen molar-refractivity contribution in [3.05, 3.63) is 0 Å². The van der Waals surface area contributed by atoms with Crippen molar-refractivity contribution >= 4 is 5.91 Å². The van der Waals surface area contributed by atoms with Gasteiger partial charge in [0.1, 0.15) is 73.2 Å². The number of carbonyl (C=O) groups is 1. The largest absolute Gasteiger partial charge is 0.394 e. The summed E-state index contributed by atoms with van der Waals surface area (Å²) in [6.45, 7) is -1.21. The molecule has 0 aliphatic carbocycles. The molecule has 3 heterocycles. The maximum atomic E-state index is 11.6. The number of rotatable bonds is 8. The monoisotopic (exact) mass is 545 g/mol. The van der Waals surface area contributed by atoms with Gasteiger partial charge in [0, 0.05) is 6.92 Å². The summed E-state index contributed by atoms with van der Waals surface area (Å²) in [6.07, 6.45) is -23.3. The normalized spacial score (nSPS) is 49.0. The molecule has 3 rings (SSSR count). The van der Waals surface area contributed by atoms with E-state index in [2.05, 4.69) is 5.32 Å². The van der Waals surface area contributed by atoms with Crippen LogP contribution in [0.4, 0.5) is 0 Å². The Morgan fingerprint density at radius 2 is 1.14 bits per heavy atom. The van der Waals surface area contributed by atoms with E-state index in [4.69, 9.17) is 23.7 Å². The number of aliphatic hydroxyl groups excluding tert-OH is 10. The van der Waals surface area contributed by atoms with E-state index in [1.165, 1.54) is 0 Å². The lowest BCUT2D eigenvalue weighted by Gasteiger charge is -2.48. The minimum Gasteiger partial charge on any atom is -0.394 e. The fraction of sp³-hybridized carbons (Fsp3) is 0.950. The molecule has 11 N–H and O–H groups in total. The highest BCUT2D eigenvalue weighted by Gasteiger charge is 2.53. The van der Waals surface area contributed by atoms with E-state index >= 15 is 0 Å². The van der Waals surface area contributed by atoms with Crippen molar-refractivity contribution < 1.29 is 79.5 Å². The van der Waals surface area contributed by atoms with Gasteiger partial charge in [0.25, 0.3) is 0 Å². The topological polar surface area (TPSA) is 278 Å². The molecule has 0 aromatic rings. The summed E-state index contributed by atoms with van der Waals surface area (Å²) < 4.78 is 26.9. The first-order chi connectivity index (χ1) is 17.4. The minimum atomic E-state index is -1.93. The summed E-state index contributed by atoms with van der Waals surface area (Å²) in [4.78, 5) is 11.6. The first kappa shape index (κ1) is 30.4. The van der Waals surface area contributed by atoms with Gasteiger partial charge in [-0.25, -0.2) is 0 Å². The van der Waals surface area contributed by atoms with Crippen LogP contribution in [0, 0.1) is 0 Å². The van der Waals surface area contributed by atoms with Crippen LogP contribution in [-0.4, -0.2) is 169 Å². The zero-order valence-electron chi connectivity index (χ0n) is 19.7. The smallest absolute Gasteiger partial charge is 0.217 e. The predicted octanol–water partition coefficient (Wildman–Crippen LogP) is -7.43. The Hall–Kier alpha value is -1.13. The Bertz CT molecular complexity index is 743. The molecule has 37 heavy (non-hydrogen) atoms. The standard InChI is InChI=1S/C20H35NO16/c1-5(25)21-9-17(11(27)7(3-23)33-18(9)32)37-20-15(31)13(29)16(8(4-24)35-20)36-19-14(30)12(28)10(26)6(2-22)34-19/h6-20,22-24,26-32H,2-4H2,1H3,(H,21,25)/t6-,7-,8-,9-,10-,11-,12+,13-,14+,15+,16-,17-,18-,19+,20-/m1/s1. The molecular formula is C20H35NO16. The van der Waals surface area contributed by atoms with E-state index in [9.17, 15) is 55.9 Å². The molecule has 15 atom stereocenters. The highest BCUT2D eigenvalue weighted by Crippen LogP contribution is 2.32. The predicted molar refractivity (Wildman–Crippen MR) is 113 cm³/mol. The van der Waals surface area contributed by atoms with Gasteiger partial charge in [0.2, 0.25) is 5.91 Å². The molecule has 0 saturated carbocycles. The van der Waals surface area contributed by atoms with Gasteiger partial charge >= 0.3 is 0 Å². The van der Waals surface area contributed by atoms with E-state index in [0.717, 1.165) is 6.92 Å². The van der Waals surface area contributed by atoms with E-state index in [1.807, 2.05) is 0 Å². The molecular weight excluding hydrogens is 510 g/mol. The minimum absolute atomic E-state index is 0.637. The van der Waals surface area contributed by atoms with Crippen molar-refractivity contribution in [2.45, 2.75) is 99.0 Å². The van der Waals surface area contributed by atoms with Crippen LogP contribution in [0.2, 0.25) is 0 Å². The lowest BCUT2D eigenvalue weighted by Crippen LogP contribution is -2.68. The molecule has 0 aromatic heterocycles. The third-order valence-electron chi connectivity index (χ3n) is 6.49. The van der Waals surface area contributed by atoms with Crippen molar-refractivity contribution in [1.82, 2.24) is 5.32 Å². The highest BCUT2D eigenvalue weighted by atomic mass is 16.7. The fourth-order valence-electron chi connectivity index (χ4n) is 4.46. The summed E-state index contributed by atoms with van der Waals surface area (Å²) in [6, 6.07) is -1.39. The quantitative estimate of drug-likeness (QED) is 0.135. The molecule has 3 aliphatic rings. The van der Waals surface area contributed by atoms with Gasteiger partial charge < -0.3 is 80.1 Å². The molecule has 3 fully saturated rings. The zero-order chi connectivity index (χ0) is 27.6. The zero-order valence-corrected chi connectivity index (χ0v) is 19.7. The molecule has 3 saturated heterocycles. The number of aliphatic hydroxyl groups is 10.